The molecule has 0 saturated carbocycles. The number of nitrogens with one attached hydrogen (secondary N) is 1. The lowest BCUT2D eigenvalue weighted by atomic mass is 10.1. The Balaban J connectivity index is 0.00000172. The standard InChI is InChI=1S/C17H31N.CN/c1-3-5-6-7-8-9-10-11-15-18-16-12-14-17(18)13-4-2;1-2/h12,14,16H,3-11,13,15H2,1-2H3;/q;-1/p+1. The van der Waals surface area contributed by atoms with Gasteiger partial charge in [0, 0.05) is 12.5 Å². The Hall–Kier alpha value is -1.07. The lowest BCUT2D eigenvalue weighted by Gasteiger charge is -2.13. The molecule has 1 rings (SSSR count). The third kappa shape index (κ3) is 8.93. The van der Waals surface area contributed by atoms with E-state index >= 15 is 0 Å². The number of hydrogen-bond donors (Lipinski definition) is 1. The van der Waals surface area contributed by atoms with Crippen LogP contribution in [-0.4, -0.2) is 6.54 Å². The van der Waals surface area contributed by atoms with Crippen molar-refractivity contribution in [1.29, 1.82) is 5.26 Å². The van der Waals surface area contributed by atoms with E-state index in [0.29, 0.717) is 0 Å². The van der Waals surface area contributed by atoms with Crippen LogP contribution in [0.25, 0.3) is 0 Å². The van der Waals surface area contributed by atoms with Crippen LogP contribution in [0, 0.1) is 11.8 Å². The van der Waals surface area contributed by atoms with Crippen LogP contribution in [0.3, 0.4) is 0 Å². The van der Waals surface area contributed by atoms with Crippen LogP contribution < -0.4 is 4.90 Å². The molecule has 20 heavy (non-hydrogen) atoms. The summed E-state index contributed by atoms with van der Waals surface area (Å²) in [5.41, 5.74) is 1.60. The summed E-state index contributed by atoms with van der Waals surface area (Å²) in [6, 6.07) is 0. The molecule has 0 spiro atoms. The largest absolute Gasteiger partial charge is 0.512 e. The Kier molecular flexibility index (Phi) is 13.6. The predicted molar refractivity (Wildman–Crippen MR) is 85.5 cm³/mol. The molecule has 0 aliphatic carbocycles. The number of hydrogen-bond acceptors (Lipinski definition) is 1. The monoisotopic (exact) mass is 276 g/mol. The Bertz CT molecular complexity index is 289. The molecule has 1 aliphatic heterocycles. The highest BCUT2D eigenvalue weighted by Crippen LogP contribution is 2.08. The Morgan fingerprint density at radius 1 is 0.900 bits per heavy atom. The highest BCUT2D eigenvalue weighted by Gasteiger charge is 2.14. The Morgan fingerprint density at radius 2 is 1.50 bits per heavy atom. The predicted octanol–water partition coefficient (Wildman–Crippen LogP) is 4.32. The molecule has 1 N–H and O–H groups in total. The van der Waals surface area contributed by atoms with E-state index in [1.165, 1.54) is 70.8 Å². The van der Waals surface area contributed by atoms with E-state index < -0.39 is 0 Å². The number of nitrogens with zero attached hydrogens (tertiary/aromatic N) is 1. The van der Waals surface area contributed by atoms with Crippen LogP contribution >= 0.6 is 0 Å². The fourth-order valence-electron chi connectivity index (χ4n) is 2.70. The second kappa shape index (κ2) is 14.3. The topological polar surface area (TPSA) is 28.2 Å². The van der Waals surface area contributed by atoms with Gasteiger partial charge in [-0.3, -0.25) is 4.90 Å². The zero-order valence-electron chi connectivity index (χ0n) is 13.5. The number of allylic oxidation sites excluding steroid dienone is 3. The summed E-state index contributed by atoms with van der Waals surface area (Å²) in [5.74, 6) is 0. The van der Waals surface area contributed by atoms with E-state index in [4.69, 9.17) is 11.8 Å². The van der Waals surface area contributed by atoms with Crippen LogP contribution in [0.15, 0.2) is 24.0 Å². The molecule has 0 bridgehead atoms. The van der Waals surface area contributed by atoms with Gasteiger partial charge in [0.25, 0.3) is 0 Å². The third-order valence-corrected chi connectivity index (χ3v) is 3.83. The van der Waals surface area contributed by atoms with E-state index in [9.17, 15) is 0 Å². The van der Waals surface area contributed by atoms with Crippen molar-refractivity contribution in [3.05, 3.63) is 30.6 Å². The smallest absolute Gasteiger partial charge is 0.112 e. The summed E-state index contributed by atoms with van der Waals surface area (Å²) in [5, 5.41) is 6.25. The number of quaternary nitrogens is 1. The van der Waals surface area contributed by atoms with Crippen molar-refractivity contribution in [3.63, 3.8) is 0 Å². The molecule has 1 unspecified atom stereocenters. The second-order valence-electron chi connectivity index (χ2n) is 5.55. The summed E-state index contributed by atoms with van der Waals surface area (Å²) in [6.45, 7) is 10.6. The number of rotatable bonds is 11. The van der Waals surface area contributed by atoms with Crippen LogP contribution in [-0.2, 0) is 0 Å². The maximum absolute atomic E-state index is 6.25. The SMILES string of the molecule is CCCCCCCCCC[NH+]1C=CC=C1CCC.[C-]#N. The molecule has 0 fully saturated rings. The highest BCUT2D eigenvalue weighted by molar-refractivity contribution is 5.10. The minimum absolute atomic E-state index is 1.26. The van der Waals surface area contributed by atoms with Gasteiger partial charge in [-0.05, 0) is 25.3 Å². The van der Waals surface area contributed by atoms with Crippen LogP contribution in [0.5, 0.6) is 0 Å². The summed E-state index contributed by atoms with van der Waals surface area (Å²) >= 11 is 0. The van der Waals surface area contributed by atoms with E-state index in [2.05, 4.69) is 32.2 Å². The fourth-order valence-corrected chi connectivity index (χ4v) is 2.70. The van der Waals surface area contributed by atoms with E-state index in [1.807, 2.05) is 0 Å². The highest BCUT2D eigenvalue weighted by atomic mass is 15.1. The molecule has 0 aromatic heterocycles. The summed E-state index contributed by atoms with van der Waals surface area (Å²) in [6.07, 6.45) is 20.8. The van der Waals surface area contributed by atoms with Crippen LogP contribution in [0.2, 0.25) is 0 Å². The lowest BCUT2D eigenvalue weighted by molar-refractivity contribution is -0.804. The average molecular weight is 276 g/mol. The molecular formula is C18H32N2. The molecule has 0 aromatic rings. The molecule has 1 aliphatic rings. The zero-order valence-corrected chi connectivity index (χ0v) is 13.5. The fraction of sp³-hybridized carbons (Fsp3) is 0.722. The van der Waals surface area contributed by atoms with Crippen molar-refractivity contribution in [2.75, 3.05) is 6.54 Å². The molecule has 1 heterocycles. The molecule has 0 amide bonds. The van der Waals surface area contributed by atoms with E-state index in [1.54, 1.807) is 10.6 Å². The zero-order chi connectivity index (χ0) is 15.1. The summed E-state index contributed by atoms with van der Waals surface area (Å²) < 4.78 is 0. The van der Waals surface area contributed by atoms with Crippen molar-refractivity contribution >= 4 is 0 Å². The van der Waals surface area contributed by atoms with Crippen molar-refractivity contribution in [1.82, 2.24) is 0 Å². The van der Waals surface area contributed by atoms with Gasteiger partial charge < -0.3 is 11.8 Å². The normalized spacial score (nSPS) is 16.6. The van der Waals surface area contributed by atoms with Crippen molar-refractivity contribution in [2.45, 2.75) is 78.1 Å². The van der Waals surface area contributed by atoms with Gasteiger partial charge in [0.05, 0.1) is 12.7 Å². The first kappa shape index (κ1) is 18.9. The van der Waals surface area contributed by atoms with Gasteiger partial charge in [-0.15, -0.1) is 0 Å². The molecule has 2 heteroatoms. The number of unbranched alkanes of at least 4 members (excludes halogenated alkanes) is 7. The molecule has 0 radical (unpaired) electrons. The Labute approximate surface area is 126 Å². The molecule has 0 saturated heterocycles. The van der Waals surface area contributed by atoms with Gasteiger partial charge in [0.15, 0.2) is 0 Å². The van der Waals surface area contributed by atoms with Crippen LogP contribution in [0.1, 0.15) is 78.1 Å². The first-order valence-electron chi connectivity index (χ1n) is 8.34. The molecular weight excluding hydrogens is 244 g/mol. The van der Waals surface area contributed by atoms with Crippen molar-refractivity contribution < 1.29 is 4.90 Å². The maximum atomic E-state index is 6.25. The minimum Gasteiger partial charge on any atom is -0.512 e. The van der Waals surface area contributed by atoms with Gasteiger partial charge in [-0.25, -0.2) is 0 Å². The molecule has 1 atom stereocenters. The minimum atomic E-state index is 1.26. The van der Waals surface area contributed by atoms with E-state index in [-0.39, 0.29) is 0 Å². The Morgan fingerprint density at radius 3 is 2.10 bits per heavy atom. The summed E-state index contributed by atoms with van der Waals surface area (Å²) in [7, 11) is 0. The van der Waals surface area contributed by atoms with Crippen molar-refractivity contribution in [2.24, 2.45) is 0 Å². The average Bonchev–Trinajstić information content (AvgIpc) is 2.92. The summed E-state index contributed by atoms with van der Waals surface area (Å²) in [4.78, 5) is 1.61. The van der Waals surface area contributed by atoms with Gasteiger partial charge >= 0.3 is 0 Å². The first-order valence-corrected chi connectivity index (χ1v) is 8.34. The molecule has 114 valence electrons. The third-order valence-electron chi connectivity index (χ3n) is 3.83. The van der Waals surface area contributed by atoms with Gasteiger partial charge in [0.2, 0.25) is 0 Å². The quantitative estimate of drug-likeness (QED) is 0.442. The first-order chi connectivity index (χ1) is 9.88. The van der Waals surface area contributed by atoms with Gasteiger partial charge in [-0.2, -0.15) is 0 Å². The van der Waals surface area contributed by atoms with Crippen molar-refractivity contribution in [3.8, 4) is 0 Å². The van der Waals surface area contributed by atoms with Gasteiger partial charge in [0.1, 0.15) is 5.70 Å². The van der Waals surface area contributed by atoms with E-state index in [0.717, 1.165) is 0 Å². The second-order valence-corrected chi connectivity index (χ2v) is 5.55. The maximum Gasteiger partial charge on any atom is 0.112 e. The van der Waals surface area contributed by atoms with Gasteiger partial charge in [-0.1, -0.05) is 52.4 Å². The lowest BCUT2D eigenvalue weighted by Crippen LogP contribution is -3.04. The molecule has 2 nitrogen and oxygen atoms in total. The molecule has 0 aromatic carbocycles. The van der Waals surface area contributed by atoms with Crippen LogP contribution in [0.4, 0.5) is 0 Å².